The van der Waals surface area contributed by atoms with Crippen molar-refractivity contribution in [3.8, 4) is 0 Å². The Hall–Kier alpha value is -2.95. The number of carbonyl (C=O) groups is 2. The number of anilines is 1. The molecule has 3 heterocycles. The lowest BCUT2D eigenvalue weighted by Crippen LogP contribution is -2.30. The number of ketones is 1. The first kappa shape index (κ1) is 15.6. The van der Waals surface area contributed by atoms with Gasteiger partial charge < -0.3 is 4.90 Å². The molecule has 2 aromatic heterocycles. The first-order valence-electron chi connectivity index (χ1n) is 8.37. The van der Waals surface area contributed by atoms with Crippen LogP contribution in [-0.2, 0) is 6.42 Å². The molecule has 0 radical (unpaired) electrons. The molecule has 1 amide bonds. The second-order valence-corrected chi connectivity index (χ2v) is 6.54. The Morgan fingerprint density at radius 1 is 1.16 bits per heavy atom. The first-order valence-corrected chi connectivity index (χ1v) is 8.37. The summed E-state index contributed by atoms with van der Waals surface area (Å²) >= 11 is 0. The number of nitrogens with zero attached hydrogens (tertiary/aromatic N) is 3. The van der Waals surface area contributed by atoms with E-state index in [2.05, 4.69) is 4.98 Å². The number of Topliss-reactive ketones (excluding diaryl/α,β-unsaturated/α-hetero) is 1. The fourth-order valence-electron chi connectivity index (χ4n) is 3.53. The van der Waals surface area contributed by atoms with Crippen LogP contribution in [0.3, 0.4) is 0 Å². The van der Waals surface area contributed by atoms with Gasteiger partial charge in [0, 0.05) is 24.0 Å². The normalized spacial score (nSPS) is 13.3. The van der Waals surface area contributed by atoms with Crippen LogP contribution in [0.2, 0.25) is 0 Å². The van der Waals surface area contributed by atoms with Crippen LogP contribution in [0.15, 0.2) is 36.5 Å². The molecule has 25 heavy (non-hydrogen) atoms. The molecule has 1 aliphatic rings. The number of benzene rings is 1. The molecular formula is C20H19N3O2. The van der Waals surface area contributed by atoms with E-state index in [4.69, 9.17) is 0 Å². The van der Waals surface area contributed by atoms with Crippen molar-refractivity contribution in [2.45, 2.75) is 27.2 Å². The SMILES string of the molecule is CC(=O)c1ccc2c(c1)CCN2C(=O)c1c(C)nc2c(C)cccn12. The van der Waals surface area contributed by atoms with Crippen LogP contribution in [0.4, 0.5) is 5.69 Å². The number of hydrogen-bond donors (Lipinski definition) is 0. The lowest BCUT2D eigenvalue weighted by atomic mass is 10.1. The average molecular weight is 333 g/mol. The molecule has 5 nitrogen and oxygen atoms in total. The quantitative estimate of drug-likeness (QED) is 0.676. The van der Waals surface area contributed by atoms with Gasteiger partial charge in [0.2, 0.25) is 0 Å². The van der Waals surface area contributed by atoms with Crippen molar-refractivity contribution < 1.29 is 9.59 Å². The van der Waals surface area contributed by atoms with Crippen molar-refractivity contribution in [2.75, 3.05) is 11.4 Å². The van der Waals surface area contributed by atoms with E-state index < -0.39 is 0 Å². The van der Waals surface area contributed by atoms with Crippen molar-refractivity contribution in [1.29, 1.82) is 0 Å². The second-order valence-electron chi connectivity index (χ2n) is 6.54. The second kappa shape index (κ2) is 5.55. The van der Waals surface area contributed by atoms with Crippen LogP contribution in [0, 0.1) is 13.8 Å². The summed E-state index contributed by atoms with van der Waals surface area (Å²) in [7, 11) is 0. The van der Waals surface area contributed by atoms with Gasteiger partial charge in [-0.3, -0.25) is 14.0 Å². The summed E-state index contributed by atoms with van der Waals surface area (Å²) in [5.74, 6) is -0.00870. The Bertz CT molecular complexity index is 1030. The van der Waals surface area contributed by atoms with Crippen LogP contribution < -0.4 is 4.90 Å². The van der Waals surface area contributed by atoms with Gasteiger partial charge in [0.25, 0.3) is 5.91 Å². The summed E-state index contributed by atoms with van der Waals surface area (Å²) in [5.41, 5.74) is 5.80. The van der Waals surface area contributed by atoms with Gasteiger partial charge in [0.05, 0.1) is 5.69 Å². The number of fused-ring (bicyclic) bond motifs is 2. The molecule has 0 bridgehead atoms. The van der Waals surface area contributed by atoms with Crippen molar-refractivity contribution in [2.24, 2.45) is 0 Å². The molecule has 126 valence electrons. The summed E-state index contributed by atoms with van der Waals surface area (Å²) in [6.45, 7) is 6.04. The summed E-state index contributed by atoms with van der Waals surface area (Å²) in [6.07, 6.45) is 2.64. The lowest BCUT2D eigenvalue weighted by Gasteiger charge is -2.18. The van der Waals surface area contributed by atoms with Crippen molar-refractivity contribution in [3.05, 3.63) is 64.6 Å². The zero-order valence-electron chi connectivity index (χ0n) is 14.5. The smallest absolute Gasteiger partial charge is 0.277 e. The molecule has 5 heteroatoms. The van der Waals surface area contributed by atoms with E-state index in [1.807, 2.05) is 48.7 Å². The molecule has 0 atom stereocenters. The van der Waals surface area contributed by atoms with Gasteiger partial charge in [-0.05, 0) is 62.6 Å². The van der Waals surface area contributed by atoms with E-state index in [9.17, 15) is 9.59 Å². The molecule has 0 unspecified atom stereocenters. The zero-order chi connectivity index (χ0) is 17.7. The Morgan fingerprint density at radius 2 is 1.96 bits per heavy atom. The molecule has 0 aliphatic carbocycles. The highest BCUT2D eigenvalue weighted by atomic mass is 16.2. The molecule has 1 aliphatic heterocycles. The fourth-order valence-corrected chi connectivity index (χ4v) is 3.53. The summed E-state index contributed by atoms with van der Waals surface area (Å²) in [5, 5.41) is 0. The number of imidazole rings is 1. The van der Waals surface area contributed by atoms with Crippen LogP contribution in [0.25, 0.3) is 5.65 Å². The van der Waals surface area contributed by atoms with Crippen LogP contribution in [-0.4, -0.2) is 27.6 Å². The molecule has 0 saturated heterocycles. The Balaban J connectivity index is 1.79. The van der Waals surface area contributed by atoms with E-state index in [1.165, 1.54) is 0 Å². The first-order chi connectivity index (χ1) is 12.0. The fraction of sp³-hybridized carbons (Fsp3) is 0.250. The maximum absolute atomic E-state index is 13.2. The number of amides is 1. The van der Waals surface area contributed by atoms with Crippen molar-refractivity contribution in [3.63, 3.8) is 0 Å². The monoisotopic (exact) mass is 333 g/mol. The Kier molecular flexibility index (Phi) is 3.46. The van der Waals surface area contributed by atoms with E-state index in [0.29, 0.717) is 17.8 Å². The number of aromatic nitrogens is 2. The third kappa shape index (κ3) is 2.35. The van der Waals surface area contributed by atoms with Gasteiger partial charge in [-0.15, -0.1) is 0 Å². The van der Waals surface area contributed by atoms with Gasteiger partial charge in [0.15, 0.2) is 5.78 Å². The van der Waals surface area contributed by atoms with Crippen LogP contribution >= 0.6 is 0 Å². The molecule has 0 spiro atoms. The maximum Gasteiger partial charge on any atom is 0.277 e. The highest BCUT2D eigenvalue weighted by molar-refractivity contribution is 6.08. The minimum Gasteiger partial charge on any atom is -0.306 e. The number of rotatable bonds is 2. The van der Waals surface area contributed by atoms with E-state index in [1.54, 1.807) is 17.9 Å². The van der Waals surface area contributed by atoms with Crippen molar-refractivity contribution >= 4 is 23.0 Å². The summed E-state index contributed by atoms with van der Waals surface area (Å²) in [6, 6.07) is 9.48. The van der Waals surface area contributed by atoms with Gasteiger partial charge in [0.1, 0.15) is 11.3 Å². The van der Waals surface area contributed by atoms with E-state index in [0.717, 1.165) is 34.6 Å². The Labute approximate surface area is 145 Å². The highest BCUT2D eigenvalue weighted by Crippen LogP contribution is 2.31. The molecule has 0 saturated carbocycles. The summed E-state index contributed by atoms with van der Waals surface area (Å²) < 4.78 is 1.87. The third-order valence-electron chi connectivity index (χ3n) is 4.85. The zero-order valence-corrected chi connectivity index (χ0v) is 14.5. The number of carbonyl (C=O) groups excluding carboxylic acids is 2. The Morgan fingerprint density at radius 3 is 2.72 bits per heavy atom. The standard InChI is InChI=1S/C20H19N3O2/c1-12-5-4-9-23-18(13(2)21-19(12)23)20(25)22-10-8-16-11-15(14(3)24)6-7-17(16)22/h4-7,9,11H,8,10H2,1-3H3. The minimum atomic E-state index is -0.0510. The van der Waals surface area contributed by atoms with Crippen LogP contribution in [0.1, 0.15) is 44.6 Å². The molecular weight excluding hydrogens is 314 g/mol. The number of aryl methyl sites for hydroxylation is 2. The predicted octanol–water partition coefficient (Wildman–Crippen LogP) is 3.36. The maximum atomic E-state index is 13.2. The molecule has 1 aromatic carbocycles. The minimum absolute atomic E-state index is 0.0423. The lowest BCUT2D eigenvalue weighted by molar-refractivity contribution is 0.0981. The van der Waals surface area contributed by atoms with Gasteiger partial charge >= 0.3 is 0 Å². The predicted molar refractivity (Wildman–Crippen MR) is 96.5 cm³/mol. The largest absolute Gasteiger partial charge is 0.306 e. The average Bonchev–Trinajstić information content (AvgIpc) is 3.15. The van der Waals surface area contributed by atoms with Gasteiger partial charge in [-0.25, -0.2) is 4.98 Å². The van der Waals surface area contributed by atoms with Gasteiger partial charge in [-0.1, -0.05) is 6.07 Å². The summed E-state index contributed by atoms with van der Waals surface area (Å²) in [4.78, 5) is 31.2. The molecule has 0 N–H and O–H groups in total. The number of hydrogen-bond acceptors (Lipinski definition) is 3. The van der Waals surface area contributed by atoms with E-state index >= 15 is 0 Å². The van der Waals surface area contributed by atoms with Crippen molar-refractivity contribution in [1.82, 2.24) is 9.38 Å². The van der Waals surface area contributed by atoms with E-state index in [-0.39, 0.29) is 11.7 Å². The topological polar surface area (TPSA) is 54.7 Å². The van der Waals surface area contributed by atoms with Gasteiger partial charge in [-0.2, -0.15) is 0 Å². The molecule has 0 fully saturated rings. The molecule has 3 aromatic rings. The third-order valence-corrected chi connectivity index (χ3v) is 4.85. The van der Waals surface area contributed by atoms with Crippen LogP contribution in [0.5, 0.6) is 0 Å². The number of pyridine rings is 1. The molecule has 4 rings (SSSR count). The highest BCUT2D eigenvalue weighted by Gasteiger charge is 2.29.